The first-order valence-electron chi connectivity index (χ1n) is 5.04. The van der Waals surface area contributed by atoms with Crippen LogP contribution >= 0.6 is 12.6 Å². The number of nitrogens with one attached hydrogen (secondary N) is 1. The van der Waals surface area contributed by atoms with Gasteiger partial charge in [0.15, 0.2) is 0 Å². The Balaban J connectivity index is 3.88. The fourth-order valence-electron chi connectivity index (χ4n) is 0.780. The second kappa shape index (κ2) is 6.05. The van der Waals surface area contributed by atoms with Crippen molar-refractivity contribution in [2.75, 3.05) is 6.54 Å². The maximum atomic E-state index is 11.2. The maximum absolute atomic E-state index is 11.2. The molecule has 0 fully saturated rings. The first kappa shape index (κ1) is 14.4. The minimum absolute atomic E-state index is 0.213. The summed E-state index contributed by atoms with van der Waals surface area (Å²) in [5, 5.41) is 2.87. The molecular weight excluding hydrogens is 210 g/mol. The van der Waals surface area contributed by atoms with Crippen LogP contribution in [0.2, 0.25) is 0 Å². The zero-order chi connectivity index (χ0) is 12.1. The van der Waals surface area contributed by atoms with E-state index in [-0.39, 0.29) is 5.25 Å². The lowest BCUT2D eigenvalue weighted by Crippen LogP contribution is -2.32. The highest BCUT2D eigenvalue weighted by molar-refractivity contribution is 7.81. The van der Waals surface area contributed by atoms with Gasteiger partial charge in [0, 0.05) is 11.8 Å². The molecule has 1 amide bonds. The number of hydrogen-bond acceptors (Lipinski definition) is 3. The topological polar surface area (TPSA) is 38.3 Å². The van der Waals surface area contributed by atoms with E-state index in [0.717, 1.165) is 5.57 Å². The van der Waals surface area contributed by atoms with E-state index in [4.69, 9.17) is 4.74 Å². The van der Waals surface area contributed by atoms with Gasteiger partial charge in [-0.3, -0.25) is 0 Å². The van der Waals surface area contributed by atoms with Crippen LogP contribution < -0.4 is 5.32 Å². The van der Waals surface area contributed by atoms with Crippen molar-refractivity contribution in [3.8, 4) is 0 Å². The summed E-state index contributed by atoms with van der Waals surface area (Å²) in [6, 6.07) is 0. The van der Waals surface area contributed by atoms with Crippen molar-refractivity contribution in [3.63, 3.8) is 0 Å². The van der Waals surface area contributed by atoms with Crippen molar-refractivity contribution >= 4 is 18.7 Å². The number of ether oxygens (including phenoxy) is 1. The second-order valence-electron chi connectivity index (χ2n) is 4.51. The van der Waals surface area contributed by atoms with Gasteiger partial charge in [0.25, 0.3) is 0 Å². The Morgan fingerprint density at radius 2 is 2.07 bits per heavy atom. The van der Waals surface area contributed by atoms with Gasteiger partial charge < -0.3 is 10.1 Å². The number of hydrogen-bond donors (Lipinski definition) is 2. The molecule has 0 spiro atoms. The van der Waals surface area contributed by atoms with Gasteiger partial charge in [-0.1, -0.05) is 11.6 Å². The van der Waals surface area contributed by atoms with E-state index in [1.54, 1.807) is 0 Å². The van der Waals surface area contributed by atoms with E-state index in [1.807, 2.05) is 40.7 Å². The Kier molecular flexibility index (Phi) is 5.80. The monoisotopic (exact) mass is 231 g/mol. The summed E-state index contributed by atoms with van der Waals surface area (Å²) in [6.07, 6.45) is 1.54. The molecule has 15 heavy (non-hydrogen) atoms. The fourth-order valence-corrected chi connectivity index (χ4v) is 0.885. The molecule has 0 heterocycles. The van der Waals surface area contributed by atoms with E-state index in [2.05, 4.69) is 17.9 Å². The molecule has 1 N–H and O–H groups in total. The molecule has 0 aliphatic heterocycles. The van der Waals surface area contributed by atoms with Crippen LogP contribution in [0.1, 0.15) is 34.6 Å². The van der Waals surface area contributed by atoms with E-state index in [1.165, 1.54) is 0 Å². The third-order valence-corrected chi connectivity index (χ3v) is 2.14. The molecule has 88 valence electrons. The molecule has 0 aromatic heterocycles. The number of rotatable bonds is 3. The summed E-state index contributed by atoms with van der Waals surface area (Å²) in [6.45, 7) is 9.96. The third-order valence-electron chi connectivity index (χ3n) is 1.73. The molecule has 0 rings (SSSR count). The summed E-state index contributed by atoms with van der Waals surface area (Å²) >= 11 is 4.27. The quantitative estimate of drug-likeness (QED) is 0.579. The molecule has 0 saturated carbocycles. The second-order valence-corrected chi connectivity index (χ2v) is 5.28. The van der Waals surface area contributed by atoms with Gasteiger partial charge in [-0.25, -0.2) is 4.79 Å². The zero-order valence-corrected chi connectivity index (χ0v) is 11.0. The highest BCUT2D eigenvalue weighted by Crippen LogP contribution is 2.07. The van der Waals surface area contributed by atoms with Gasteiger partial charge in [-0.15, -0.1) is 0 Å². The van der Waals surface area contributed by atoms with E-state index >= 15 is 0 Å². The largest absolute Gasteiger partial charge is 0.444 e. The molecule has 3 nitrogen and oxygen atoms in total. The normalized spacial score (nSPS) is 14.7. The molecule has 0 aromatic rings. The maximum Gasteiger partial charge on any atom is 0.407 e. The fraction of sp³-hybridized carbons (Fsp3) is 0.727. The summed E-state index contributed by atoms with van der Waals surface area (Å²) < 4.78 is 5.08. The molecule has 0 aliphatic carbocycles. The van der Waals surface area contributed by atoms with Crippen molar-refractivity contribution < 1.29 is 9.53 Å². The number of carbonyl (C=O) groups is 1. The van der Waals surface area contributed by atoms with Crippen molar-refractivity contribution in [3.05, 3.63) is 11.6 Å². The Morgan fingerprint density at radius 3 is 2.47 bits per heavy atom. The minimum atomic E-state index is -0.445. The van der Waals surface area contributed by atoms with Crippen LogP contribution in [0.5, 0.6) is 0 Å². The zero-order valence-electron chi connectivity index (χ0n) is 10.1. The molecule has 1 unspecified atom stereocenters. The first-order valence-corrected chi connectivity index (χ1v) is 5.55. The molecule has 0 aromatic carbocycles. The van der Waals surface area contributed by atoms with E-state index in [0.29, 0.717) is 6.54 Å². The van der Waals surface area contributed by atoms with E-state index in [9.17, 15) is 4.79 Å². The molecule has 0 saturated heterocycles. The van der Waals surface area contributed by atoms with E-state index < -0.39 is 11.7 Å². The Labute approximate surface area is 97.7 Å². The standard InChI is InChI=1S/C11H21NO2S/c1-8(9(2)15)6-7-12-10(13)14-11(3,4)5/h6,9,15H,7H2,1-5H3,(H,12,13)/b8-6+. The van der Waals surface area contributed by atoms with Crippen LogP contribution in [-0.4, -0.2) is 23.5 Å². The van der Waals surface area contributed by atoms with Crippen LogP contribution in [0.15, 0.2) is 11.6 Å². The molecule has 0 radical (unpaired) electrons. The Bertz CT molecular complexity index is 241. The summed E-state index contributed by atoms with van der Waals surface area (Å²) in [5.41, 5.74) is 0.689. The lowest BCUT2D eigenvalue weighted by atomic mass is 10.2. The van der Waals surface area contributed by atoms with Crippen LogP contribution in [0.3, 0.4) is 0 Å². The average Bonchev–Trinajstić information content (AvgIpc) is 2.00. The SMILES string of the molecule is C/C(=C\CNC(=O)OC(C)(C)C)C(C)S. The number of amides is 1. The van der Waals surface area contributed by atoms with Gasteiger partial charge in [-0.2, -0.15) is 12.6 Å². The molecule has 4 heteroatoms. The van der Waals surface area contributed by atoms with Crippen molar-refractivity contribution in [1.82, 2.24) is 5.32 Å². The highest BCUT2D eigenvalue weighted by Gasteiger charge is 2.15. The lowest BCUT2D eigenvalue weighted by molar-refractivity contribution is 0.0534. The van der Waals surface area contributed by atoms with Crippen LogP contribution in [0, 0.1) is 0 Å². The van der Waals surface area contributed by atoms with Crippen molar-refractivity contribution in [1.29, 1.82) is 0 Å². The van der Waals surface area contributed by atoms with Crippen molar-refractivity contribution in [2.24, 2.45) is 0 Å². The van der Waals surface area contributed by atoms with Crippen LogP contribution in [0.4, 0.5) is 4.79 Å². The molecular formula is C11H21NO2S. The number of carbonyl (C=O) groups excluding carboxylic acids is 1. The Morgan fingerprint density at radius 1 is 1.53 bits per heavy atom. The summed E-state index contributed by atoms with van der Waals surface area (Å²) in [5.74, 6) is 0. The minimum Gasteiger partial charge on any atom is -0.444 e. The molecule has 0 aliphatic rings. The predicted molar refractivity (Wildman–Crippen MR) is 66.4 cm³/mol. The summed E-state index contributed by atoms with van der Waals surface area (Å²) in [4.78, 5) is 11.2. The van der Waals surface area contributed by atoms with Gasteiger partial charge >= 0.3 is 6.09 Å². The predicted octanol–water partition coefficient (Wildman–Crippen LogP) is 2.78. The van der Waals surface area contributed by atoms with Crippen LogP contribution in [0.25, 0.3) is 0 Å². The summed E-state index contributed by atoms with van der Waals surface area (Å²) in [7, 11) is 0. The van der Waals surface area contributed by atoms with Gasteiger partial charge in [0.05, 0.1) is 0 Å². The highest BCUT2D eigenvalue weighted by atomic mass is 32.1. The van der Waals surface area contributed by atoms with Crippen LogP contribution in [-0.2, 0) is 4.74 Å². The first-order chi connectivity index (χ1) is 6.72. The lowest BCUT2D eigenvalue weighted by Gasteiger charge is -2.19. The van der Waals surface area contributed by atoms with Gasteiger partial charge in [0.1, 0.15) is 5.60 Å². The number of alkyl carbamates (subject to hydrolysis) is 1. The van der Waals surface area contributed by atoms with Gasteiger partial charge in [0.2, 0.25) is 0 Å². The average molecular weight is 231 g/mol. The Hall–Kier alpha value is -0.640. The third kappa shape index (κ3) is 8.36. The van der Waals surface area contributed by atoms with Crippen molar-refractivity contribution in [2.45, 2.75) is 45.5 Å². The van der Waals surface area contributed by atoms with Gasteiger partial charge in [-0.05, 0) is 34.6 Å². The number of thiol groups is 1. The molecule has 1 atom stereocenters. The smallest absolute Gasteiger partial charge is 0.407 e. The molecule has 0 bridgehead atoms.